The Morgan fingerprint density at radius 3 is 2.36 bits per heavy atom. The number of benzene rings is 2. The molecule has 0 saturated heterocycles. The van der Waals surface area contributed by atoms with Crippen molar-refractivity contribution in [2.75, 3.05) is 14.2 Å². The van der Waals surface area contributed by atoms with Gasteiger partial charge < -0.3 is 14.6 Å². The van der Waals surface area contributed by atoms with Crippen LogP contribution in [0.5, 0.6) is 11.5 Å². The summed E-state index contributed by atoms with van der Waals surface area (Å²) in [7, 11) is 3.13. The molecule has 2 rings (SSSR count). The lowest BCUT2D eigenvalue weighted by Crippen LogP contribution is -1.94. The molecular weight excluding hydrogens is 340 g/mol. The zero-order valence-corrected chi connectivity index (χ0v) is 14.8. The Labute approximate surface area is 152 Å². The zero-order valence-electron chi connectivity index (χ0n) is 14.0. The zero-order chi connectivity index (χ0) is 18.2. The number of aliphatic carboxylic acids is 1. The van der Waals surface area contributed by atoms with E-state index in [4.69, 9.17) is 26.2 Å². The molecule has 0 spiro atoms. The lowest BCUT2D eigenvalue weighted by molar-refractivity contribution is -0.135. The van der Waals surface area contributed by atoms with Crippen molar-refractivity contribution in [2.24, 2.45) is 0 Å². The minimum absolute atomic E-state index is 0.0748. The van der Waals surface area contributed by atoms with E-state index in [1.54, 1.807) is 38.5 Å². The van der Waals surface area contributed by atoms with Gasteiger partial charge in [-0.05, 0) is 41.0 Å². The van der Waals surface area contributed by atoms with E-state index in [2.05, 4.69) is 0 Å². The number of allylic oxidation sites excluding steroid dienone is 2. The molecule has 0 fully saturated rings. The monoisotopic (exact) mass is 358 g/mol. The molecular formula is C20H19ClO4. The maximum absolute atomic E-state index is 10.9. The van der Waals surface area contributed by atoms with Gasteiger partial charge in [0.1, 0.15) is 0 Å². The van der Waals surface area contributed by atoms with Crippen molar-refractivity contribution in [3.8, 4) is 11.5 Å². The summed E-state index contributed by atoms with van der Waals surface area (Å²) in [6.45, 7) is 0. The highest BCUT2D eigenvalue weighted by molar-refractivity contribution is 6.30. The van der Waals surface area contributed by atoms with Gasteiger partial charge in [0.2, 0.25) is 0 Å². The van der Waals surface area contributed by atoms with Crippen molar-refractivity contribution in [1.29, 1.82) is 0 Å². The second-order valence-electron chi connectivity index (χ2n) is 5.21. The van der Waals surface area contributed by atoms with Crippen LogP contribution in [0, 0.1) is 0 Å². The molecule has 2 aromatic rings. The summed E-state index contributed by atoms with van der Waals surface area (Å²) in [5, 5.41) is 9.65. The molecule has 0 radical (unpaired) electrons. The molecule has 0 atom stereocenters. The molecule has 2 aromatic carbocycles. The summed E-state index contributed by atoms with van der Waals surface area (Å²) >= 11 is 5.89. The molecule has 0 unspecified atom stereocenters. The number of rotatable bonds is 7. The minimum Gasteiger partial charge on any atom is -0.493 e. The first-order valence-electron chi connectivity index (χ1n) is 7.61. The second-order valence-corrected chi connectivity index (χ2v) is 5.65. The molecule has 0 aliphatic heterocycles. The third kappa shape index (κ3) is 5.40. The van der Waals surface area contributed by atoms with Gasteiger partial charge in [-0.3, -0.25) is 4.79 Å². The van der Waals surface area contributed by atoms with E-state index in [1.807, 2.05) is 36.4 Å². The van der Waals surface area contributed by atoms with Crippen LogP contribution in [0.15, 0.2) is 54.6 Å². The summed E-state index contributed by atoms with van der Waals surface area (Å²) in [5.74, 6) is 0.310. The number of hydrogen-bond acceptors (Lipinski definition) is 3. The normalized spacial score (nSPS) is 11.6. The van der Waals surface area contributed by atoms with E-state index in [9.17, 15) is 4.79 Å². The Hall–Kier alpha value is -2.72. The number of carboxylic acids is 1. The molecule has 0 bridgehead atoms. The predicted molar refractivity (Wildman–Crippen MR) is 100 cm³/mol. The molecule has 0 aliphatic carbocycles. The number of hydrogen-bond donors (Lipinski definition) is 1. The third-order valence-electron chi connectivity index (χ3n) is 3.54. The van der Waals surface area contributed by atoms with E-state index in [0.29, 0.717) is 16.5 Å². The summed E-state index contributed by atoms with van der Waals surface area (Å²) in [4.78, 5) is 10.9. The van der Waals surface area contributed by atoms with E-state index in [-0.39, 0.29) is 6.42 Å². The highest BCUT2D eigenvalue weighted by Gasteiger charge is 2.07. The molecule has 4 nitrogen and oxygen atoms in total. The Kier molecular flexibility index (Phi) is 6.66. The van der Waals surface area contributed by atoms with E-state index >= 15 is 0 Å². The van der Waals surface area contributed by atoms with Gasteiger partial charge >= 0.3 is 5.97 Å². The quantitative estimate of drug-likeness (QED) is 0.713. The topological polar surface area (TPSA) is 55.8 Å². The Morgan fingerprint density at radius 2 is 1.76 bits per heavy atom. The first-order chi connectivity index (χ1) is 12.0. The summed E-state index contributed by atoms with van der Waals surface area (Å²) < 4.78 is 10.6. The number of carbonyl (C=O) groups is 1. The molecule has 5 heteroatoms. The van der Waals surface area contributed by atoms with Crippen LogP contribution in [0.25, 0.3) is 11.6 Å². The number of methoxy groups -OCH3 is 2. The maximum Gasteiger partial charge on any atom is 0.307 e. The second kappa shape index (κ2) is 8.94. The molecule has 0 amide bonds. The molecule has 0 aliphatic rings. The lowest BCUT2D eigenvalue weighted by Gasteiger charge is -2.10. The van der Waals surface area contributed by atoms with Gasteiger partial charge in [0, 0.05) is 5.02 Å². The lowest BCUT2D eigenvalue weighted by atomic mass is 10.0. The van der Waals surface area contributed by atoms with Crippen LogP contribution in [0.3, 0.4) is 0 Å². The number of carboxylic acid groups (broad SMARTS) is 1. The van der Waals surface area contributed by atoms with Crippen molar-refractivity contribution in [3.63, 3.8) is 0 Å². The highest BCUT2D eigenvalue weighted by atomic mass is 35.5. The SMILES string of the molecule is COc1ccc(C(=C\CC(=O)O)/C=C/c2ccc(Cl)cc2)cc1OC. The average Bonchev–Trinajstić information content (AvgIpc) is 2.62. The van der Waals surface area contributed by atoms with Crippen LogP contribution in [0.1, 0.15) is 17.5 Å². The summed E-state index contributed by atoms with van der Waals surface area (Å²) in [6.07, 6.45) is 5.36. The van der Waals surface area contributed by atoms with Gasteiger partial charge in [-0.25, -0.2) is 0 Å². The van der Waals surface area contributed by atoms with Gasteiger partial charge in [-0.15, -0.1) is 0 Å². The Balaban J connectivity index is 2.37. The van der Waals surface area contributed by atoms with Crippen LogP contribution in [-0.2, 0) is 4.79 Å². The van der Waals surface area contributed by atoms with Gasteiger partial charge in [0.25, 0.3) is 0 Å². The number of ether oxygens (including phenoxy) is 2. The molecule has 25 heavy (non-hydrogen) atoms. The Morgan fingerprint density at radius 1 is 1.08 bits per heavy atom. The van der Waals surface area contributed by atoms with Crippen LogP contribution < -0.4 is 9.47 Å². The van der Waals surface area contributed by atoms with Crippen molar-refractivity contribution in [3.05, 3.63) is 70.8 Å². The van der Waals surface area contributed by atoms with Gasteiger partial charge in [0.05, 0.1) is 20.6 Å². The van der Waals surface area contributed by atoms with Gasteiger partial charge in [-0.2, -0.15) is 0 Å². The number of halogens is 1. The van der Waals surface area contributed by atoms with E-state index < -0.39 is 5.97 Å². The van der Waals surface area contributed by atoms with E-state index in [1.165, 1.54) is 0 Å². The highest BCUT2D eigenvalue weighted by Crippen LogP contribution is 2.31. The molecule has 0 aromatic heterocycles. The van der Waals surface area contributed by atoms with Crippen molar-refractivity contribution >= 4 is 29.2 Å². The molecule has 0 heterocycles. The largest absolute Gasteiger partial charge is 0.493 e. The Bertz CT molecular complexity index is 792. The molecule has 0 saturated carbocycles. The standard InChI is InChI=1S/C20H19ClO4/c1-24-18-11-7-16(13-19(18)25-2)15(8-12-20(22)23)6-3-14-4-9-17(21)10-5-14/h3-11,13H,12H2,1-2H3,(H,22,23)/b6-3+,15-8-. The van der Waals surface area contributed by atoms with Crippen LogP contribution in [0.2, 0.25) is 5.02 Å². The smallest absolute Gasteiger partial charge is 0.307 e. The summed E-state index contributed by atoms with van der Waals surface area (Å²) in [6, 6.07) is 12.9. The van der Waals surface area contributed by atoms with Crippen molar-refractivity contribution < 1.29 is 19.4 Å². The van der Waals surface area contributed by atoms with Crippen molar-refractivity contribution in [2.45, 2.75) is 6.42 Å². The fourth-order valence-corrected chi connectivity index (χ4v) is 2.38. The van der Waals surface area contributed by atoms with Crippen LogP contribution in [-0.4, -0.2) is 25.3 Å². The molecule has 130 valence electrons. The first-order valence-corrected chi connectivity index (χ1v) is 7.99. The fourth-order valence-electron chi connectivity index (χ4n) is 2.26. The third-order valence-corrected chi connectivity index (χ3v) is 3.79. The first kappa shape index (κ1) is 18.6. The summed E-state index contributed by atoms with van der Waals surface area (Å²) in [5.41, 5.74) is 2.58. The van der Waals surface area contributed by atoms with Gasteiger partial charge in [-0.1, -0.05) is 48.0 Å². The average molecular weight is 359 g/mol. The van der Waals surface area contributed by atoms with E-state index in [0.717, 1.165) is 16.7 Å². The predicted octanol–water partition coefficient (Wildman–Crippen LogP) is 4.93. The fraction of sp³-hybridized carbons (Fsp3) is 0.150. The maximum atomic E-state index is 10.9. The minimum atomic E-state index is -0.891. The van der Waals surface area contributed by atoms with Crippen LogP contribution >= 0.6 is 11.6 Å². The molecule has 1 N–H and O–H groups in total. The van der Waals surface area contributed by atoms with Crippen molar-refractivity contribution in [1.82, 2.24) is 0 Å². The van der Waals surface area contributed by atoms with Crippen LogP contribution in [0.4, 0.5) is 0 Å². The van der Waals surface area contributed by atoms with Gasteiger partial charge in [0.15, 0.2) is 11.5 Å².